The van der Waals surface area contributed by atoms with Crippen LogP contribution in [0.1, 0.15) is 41.6 Å². The summed E-state index contributed by atoms with van der Waals surface area (Å²) in [4.78, 5) is 31.0. The molecule has 41 heavy (non-hydrogen) atoms. The van der Waals surface area contributed by atoms with Crippen LogP contribution in [-0.4, -0.2) is 37.3 Å². The molecule has 1 unspecified atom stereocenters. The van der Waals surface area contributed by atoms with Gasteiger partial charge in [-0.15, -0.1) is 0 Å². The molecule has 214 valence electrons. The molecule has 0 amide bonds. The van der Waals surface area contributed by atoms with Gasteiger partial charge in [-0.2, -0.15) is 0 Å². The second kappa shape index (κ2) is 12.6. The van der Waals surface area contributed by atoms with Gasteiger partial charge in [-0.3, -0.25) is 29.5 Å². The van der Waals surface area contributed by atoms with Gasteiger partial charge in [0.2, 0.25) is 0 Å². The predicted molar refractivity (Wildman–Crippen MR) is 157 cm³/mol. The highest BCUT2D eigenvalue weighted by atomic mass is 19.1. The number of aryl methyl sites for hydroxylation is 1. The van der Waals surface area contributed by atoms with Crippen molar-refractivity contribution in [3.63, 3.8) is 0 Å². The van der Waals surface area contributed by atoms with E-state index in [0.29, 0.717) is 18.0 Å². The second-order valence-electron chi connectivity index (χ2n) is 11.1. The van der Waals surface area contributed by atoms with Crippen LogP contribution in [0.5, 0.6) is 0 Å². The Morgan fingerprint density at radius 3 is 2.29 bits per heavy atom. The number of non-ortho nitro benzene ring substituents is 1. The first-order valence-corrected chi connectivity index (χ1v) is 14.2. The van der Waals surface area contributed by atoms with Crippen molar-refractivity contribution in [3.8, 4) is 5.69 Å². The molecule has 4 aromatic rings. The average molecular weight is 558 g/mol. The number of nitro benzene ring substituents is 1. The Labute approximate surface area is 239 Å². The number of halogens is 1. The summed E-state index contributed by atoms with van der Waals surface area (Å²) in [6, 6.07) is 16.9. The summed E-state index contributed by atoms with van der Waals surface area (Å²) < 4.78 is 17.0. The molecule has 9 heteroatoms. The lowest BCUT2D eigenvalue weighted by Gasteiger charge is -2.36. The monoisotopic (exact) mass is 557 g/mol. The molecule has 0 aliphatic carbocycles. The van der Waals surface area contributed by atoms with Crippen molar-refractivity contribution in [2.45, 2.75) is 45.6 Å². The number of aromatic nitrogens is 3. The Morgan fingerprint density at radius 1 is 1.00 bits per heavy atom. The maximum atomic E-state index is 13.7. The van der Waals surface area contributed by atoms with Crippen molar-refractivity contribution in [2.24, 2.45) is 18.9 Å². The van der Waals surface area contributed by atoms with E-state index in [1.165, 1.54) is 17.7 Å². The molecule has 5 rings (SSSR count). The van der Waals surface area contributed by atoms with Crippen molar-refractivity contribution in [3.05, 3.63) is 122 Å². The van der Waals surface area contributed by atoms with Crippen LogP contribution in [-0.2, 0) is 26.4 Å². The van der Waals surface area contributed by atoms with E-state index < -0.39 is 0 Å². The molecule has 0 saturated carbocycles. The van der Waals surface area contributed by atoms with Crippen LogP contribution in [0.3, 0.4) is 0 Å². The Morgan fingerprint density at radius 2 is 1.66 bits per heavy atom. The Kier molecular flexibility index (Phi) is 8.73. The van der Waals surface area contributed by atoms with Crippen molar-refractivity contribution in [2.75, 3.05) is 13.1 Å². The lowest BCUT2D eigenvalue weighted by Crippen LogP contribution is -2.36. The van der Waals surface area contributed by atoms with E-state index in [0.717, 1.165) is 62.1 Å². The van der Waals surface area contributed by atoms with E-state index in [4.69, 9.17) is 0 Å². The summed E-state index contributed by atoms with van der Waals surface area (Å²) in [7, 11) is 1.87. The van der Waals surface area contributed by atoms with Crippen LogP contribution < -0.4 is 5.56 Å². The van der Waals surface area contributed by atoms with Gasteiger partial charge in [-0.05, 0) is 111 Å². The fourth-order valence-corrected chi connectivity index (χ4v) is 6.10. The molecule has 0 spiro atoms. The molecule has 1 aliphatic heterocycles. The molecule has 8 nitrogen and oxygen atoms in total. The minimum Gasteiger partial charge on any atom is -0.299 e. The van der Waals surface area contributed by atoms with Crippen LogP contribution in [0.15, 0.2) is 77.9 Å². The van der Waals surface area contributed by atoms with Gasteiger partial charge in [-0.25, -0.2) is 9.07 Å². The maximum absolute atomic E-state index is 13.7. The number of piperidine rings is 1. The molecule has 1 aliphatic rings. The van der Waals surface area contributed by atoms with Crippen molar-refractivity contribution < 1.29 is 9.31 Å². The average Bonchev–Trinajstić information content (AvgIpc) is 3.19. The largest absolute Gasteiger partial charge is 0.299 e. The fourth-order valence-electron chi connectivity index (χ4n) is 6.10. The van der Waals surface area contributed by atoms with E-state index in [2.05, 4.69) is 22.0 Å². The fraction of sp³-hybridized carbons (Fsp3) is 0.375. The molecule has 2 aromatic heterocycles. The summed E-state index contributed by atoms with van der Waals surface area (Å²) >= 11 is 0. The Bertz CT molecular complexity index is 1520. The minimum absolute atomic E-state index is 0.0629. The minimum atomic E-state index is -0.378. The highest BCUT2D eigenvalue weighted by Crippen LogP contribution is 2.32. The van der Waals surface area contributed by atoms with E-state index >= 15 is 0 Å². The first kappa shape index (κ1) is 28.4. The maximum Gasteiger partial charge on any atom is 0.274 e. The van der Waals surface area contributed by atoms with Gasteiger partial charge < -0.3 is 0 Å². The third-order valence-electron chi connectivity index (χ3n) is 8.62. The predicted octanol–water partition coefficient (Wildman–Crippen LogP) is 5.63. The number of benzene rings is 2. The number of pyridine rings is 1. The summed E-state index contributed by atoms with van der Waals surface area (Å²) in [5.41, 5.74) is 4.69. The molecule has 1 fully saturated rings. The normalized spacial score (nSPS) is 15.2. The van der Waals surface area contributed by atoms with Crippen LogP contribution in [0.25, 0.3) is 5.69 Å². The lowest BCUT2D eigenvalue weighted by atomic mass is 9.77. The van der Waals surface area contributed by atoms with Crippen LogP contribution in [0.4, 0.5) is 10.1 Å². The first-order chi connectivity index (χ1) is 19.8. The van der Waals surface area contributed by atoms with E-state index in [9.17, 15) is 19.3 Å². The van der Waals surface area contributed by atoms with Crippen molar-refractivity contribution in [1.82, 2.24) is 19.2 Å². The summed E-state index contributed by atoms with van der Waals surface area (Å²) in [6.45, 7) is 4.87. The third kappa shape index (κ3) is 6.62. The number of hydrogen-bond donors (Lipinski definition) is 0. The number of rotatable bonds is 10. The topological polar surface area (TPSA) is 86.2 Å². The number of nitro groups is 1. The zero-order valence-electron chi connectivity index (χ0n) is 23.6. The molecule has 3 heterocycles. The van der Waals surface area contributed by atoms with Gasteiger partial charge in [0.1, 0.15) is 5.82 Å². The molecular weight excluding hydrogens is 521 g/mol. The number of nitrogens with zero attached hydrogens (tertiary/aromatic N) is 5. The highest BCUT2D eigenvalue weighted by Gasteiger charge is 2.29. The standard InChI is InChI=1S/C32H36FN5O3/c1-23-31(32(39)37(35(23)2)29-11-7-28(33)8-12-29)21-27(6-3-24-4-9-30(10-5-24)38(40)41)26-15-19-36(20-16-26)22-25-13-17-34-18-14-25/h4-5,7-14,17-18,26-27H,3,6,15-16,19-22H2,1-2H3. The van der Waals surface area contributed by atoms with Gasteiger partial charge in [0.25, 0.3) is 11.2 Å². The second-order valence-corrected chi connectivity index (χ2v) is 11.1. The SMILES string of the molecule is Cc1c(CC(CCc2ccc([N+](=O)[O-])cc2)C2CCN(Cc3ccncc3)CC2)c(=O)n(-c2ccc(F)cc2)n1C. The quantitative estimate of drug-likeness (QED) is 0.186. The molecule has 0 N–H and O–H groups in total. The lowest BCUT2D eigenvalue weighted by molar-refractivity contribution is -0.384. The van der Waals surface area contributed by atoms with E-state index in [1.54, 1.807) is 28.9 Å². The smallest absolute Gasteiger partial charge is 0.274 e. The number of likely N-dealkylation sites (tertiary alicyclic amines) is 1. The molecule has 2 aromatic carbocycles. The van der Waals surface area contributed by atoms with Gasteiger partial charge >= 0.3 is 0 Å². The number of hydrogen-bond acceptors (Lipinski definition) is 5. The third-order valence-corrected chi connectivity index (χ3v) is 8.62. The molecular formula is C32H36FN5O3. The van der Waals surface area contributed by atoms with Gasteiger partial charge in [0, 0.05) is 49.4 Å². The van der Waals surface area contributed by atoms with E-state index in [1.807, 2.05) is 43.2 Å². The Hall–Kier alpha value is -4.11. The van der Waals surface area contributed by atoms with Gasteiger partial charge in [-0.1, -0.05) is 12.1 Å². The molecule has 1 saturated heterocycles. The van der Waals surface area contributed by atoms with Gasteiger partial charge in [0.15, 0.2) is 0 Å². The highest BCUT2D eigenvalue weighted by molar-refractivity contribution is 5.35. The van der Waals surface area contributed by atoms with E-state index in [-0.39, 0.29) is 27.9 Å². The zero-order valence-corrected chi connectivity index (χ0v) is 23.6. The van der Waals surface area contributed by atoms with Crippen LogP contribution >= 0.6 is 0 Å². The zero-order chi connectivity index (χ0) is 28.9. The van der Waals surface area contributed by atoms with Crippen molar-refractivity contribution >= 4 is 5.69 Å². The summed E-state index contributed by atoms with van der Waals surface area (Å²) in [5.74, 6) is 0.401. The van der Waals surface area contributed by atoms with Crippen LogP contribution in [0.2, 0.25) is 0 Å². The van der Waals surface area contributed by atoms with Gasteiger partial charge in [0.05, 0.1) is 10.6 Å². The van der Waals surface area contributed by atoms with Crippen LogP contribution in [0, 0.1) is 34.7 Å². The molecule has 0 radical (unpaired) electrons. The van der Waals surface area contributed by atoms with Crippen molar-refractivity contribution in [1.29, 1.82) is 0 Å². The first-order valence-electron chi connectivity index (χ1n) is 14.2. The Balaban J connectivity index is 1.36. The molecule has 1 atom stereocenters. The molecule has 0 bridgehead atoms. The summed E-state index contributed by atoms with van der Waals surface area (Å²) in [6.07, 6.45) is 8.10. The summed E-state index contributed by atoms with van der Waals surface area (Å²) in [5, 5.41) is 11.1.